The van der Waals surface area contributed by atoms with Crippen molar-refractivity contribution in [1.29, 1.82) is 0 Å². The zero-order valence-electron chi connectivity index (χ0n) is 13.2. The SMILES string of the molecule is CCNc1nc(C2CCC(CC)CC2)nc(C2CC2)c1I. The van der Waals surface area contributed by atoms with Gasteiger partial charge in [-0.05, 0) is 74.0 Å². The Hall–Kier alpha value is -0.390. The van der Waals surface area contributed by atoms with E-state index >= 15 is 0 Å². The smallest absolute Gasteiger partial charge is 0.143 e. The molecule has 0 bridgehead atoms. The third kappa shape index (κ3) is 3.51. The molecule has 1 aromatic rings. The Kier molecular flexibility index (Phi) is 5.02. The predicted molar refractivity (Wildman–Crippen MR) is 95.9 cm³/mol. The summed E-state index contributed by atoms with van der Waals surface area (Å²) < 4.78 is 1.25. The maximum atomic E-state index is 4.99. The molecule has 0 amide bonds. The van der Waals surface area contributed by atoms with Crippen molar-refractivity contribution >= 4 is 28.4 Å². The lowest BCUT2D eigenvalue weighted by molar-refractivity contribution is 0.312. The van der Waals surface area contributed by atoms with Crippen LogP contribution in [0.25, 0.3) is 0 Å². The fourth-order valence-electron chi connectivity index (χ4n) is 3.41. The fourth-order valence-corrected chi connectivity index (χ4v) is 4.28. The molecule has 0 aliphatic heterocycles. The van der Waals surface area contributed by atoms with E-state index in [4.69, 9.17) is 9.97 Å². The van der Waals surface area contributed by atoms with Gasteiger partial charge in [-0.2, -0.15) is 0 Å². The van der Waals surface area contributed by atoms with E-state index < -0.39 is 0 Å². The number of halogens is 1. The van der Waals surface area contributed by atoms with Gasteiger partial charge >= 0.3 is 0 Å². The lowest BCUT2D eigenvalue weighted by Gasteiger charge is -2.27. The van der Waals surface area contributed by atoms with Crippen LogP contribution in [-0.4, -0.2) is 16.5 Å². The van der Waals surface area contributed by atoms with Gasteiger partial charge in [-0.3, -0.25) is 0 Å². The van der Waals surface area contributed by atoms with E-state index in [1.54, 1.807) is 0 Å². The molecule has 0 aromatic carbocycles. The van der Waals surface area contributed by atoms with Crippen molar-refractivity contribution in [3.8, 4) is 0 Å². The van der Waals surface area contributed by atoms with Crippen molar-refractivity contribution in [2.75, 3.05) is 11.9 Å². The van der Waals surface area contributed by atoms with E-state index in [-0.39, 0.29) is 0 Å². The van der Waals surface area contributed by atoms with Crippen LogP contribution in [0.3, 0.4) is 0 Å². The van der Waals surface area contributed by atoms with Crippen LogP contribution in [0.15, 0.2) is 0 Å². The molecule has 1 N–H and O–H groups in total. The Balaban J connectivity index is 1.84. The Morgan fingerprint density at radius 3 is 2.24 bits per heavy atom. The highest BCUT2D eigenvalue weighted by molar-refractivity contribution is 14.1. The maximum Gasteiger partial charge on any atom is 0.143 e. The first-order chi connectivity index (χ1) is 10.2. The number of hydrogen-bond acceptors (Lipinski definition) is 3. The first kappa shape index (κ1) is 15.5. The lowest BCUT2D eigenvalue weighted by atomic mass is 9.80. The van der Waals surface area contributed by atoms with Crippen LogP contribution < -0.4 is 5.32 Å². The quantitative estimate of drug-likeness (QED) is 0.703. The highest BCUT2D eigenvalue weighted by Crippen LogP contribution is 2.44. The predicted octanol–water partition coefficient (Wildman–Crippen LogP) is 5.07. The third-order valence-electron chi connectivity index (χ3n) is 4.99. The van der Waals surface area contributed by atoms with Crippen LogP contribution >= 0.6 is 22.6 Å². The van der Waals surface area contributed by atoms with Gasteiger partial charge in [0.1, 0.15) is 11.6 Å². The summed E-state index contributed by atoms with van der Waals surface area (Å²) >= 11 is 2.43. The molecule has 2 aliphatic carbocycles. The van der Waals surface area contributed by atoms with Crippen molar-refractivity contribution in [2.24, 2.45) is 5.92 Å². The van der Waals surface area contributed by atoms with E-state index in [0.717, 1.165) is 24.1 Å². The summed E-state index contributed by atoms with van der Waals surface area (Å²) in [6.45, 7) is 5.39. The Labute approximate surface area is 141 Å². The molecule has 0 spiro atoms. The molecular weight excluding hydrogens is 373 g/mol. The Morgan fingerprint density at radius 1 is 1.00 bits per heavy atom. The van der Waals surface area contributed by atoms with Gasteiger partial charge < -0.3 is 5.32 Å². The van der Waals surface area contributed by atoms with Crippen molar-refractivity contribution in [3.63, 3.8) is 0 Å². The number of anilines is 1. The normalized spacial score (nSPS) is 25.9. The number of hydrogen-bond donors (Lipinski definition) is 1. The molecule has 2 aliphatic rings. The van der Waals surface area contributed by atoms with Crippen molar-refractivity contribution in [2.45, 2.75) is 70.6 Å². The minimum atomic E-state index is 0.583. The van der Waals surface area contributed by atoms with Gasteiger partial charge in [0.05, 0.1) is 9.26 Å². The third-order valence-corrected chi connectivity index (χ3v) is 6.06. The highest BCUT2D eigenvalue weighted by atomic mass is 127. The van der Waals surface area contributed by atoms with E-state index in [1.165, 1.54) is 54.2 Å². The summed E-state index contributed by atoms with van der Waals surface area (Å²) in [5.41, 5.74) is 1.31. The van der Waals surface area contributed by atoms with E-state index in [2.05, 4.69) is 41.8 Å². The van der Waals surface area contributed by atoms with Gasteiger partial charge in [0, 0.05) is 18.4 Å². The van der Waals surface area contributed by atoms with Gasteiger partial charge in [-0.15, -0.1) is 0 Å². The molecular formula is C17H26IN3. The molecule has 21 heavy (non-hydrogen) atoms. The minimum Gasteiger partial charge on any atom is -0.369 e. The first-order valence-corrected chi connectivity index (χ1v) is 9.62. The van der Waals surface area contributed by atoms with Crippen LogP contribution in [0.2, 0.25) is 0 Å². The summed E-state index contributed by atoms with van der Waals surface area (Å²) in [4.78, 5) is 9.87. The summed E-state index contributed by atoms with van der Waals surface area (Å²) in [5.74, 6) is 4.40. The van der Waals surface area contributed by atoms with Gasteiger partial charge in [0.2, 0.25) is 0 Å². The zero-order chi connectivity index (χ0) is 14.8. The molecule has 2 fully saturated rings. The topological polar surface area (TPSA) is 37.8 Å². The molecule has 0 unspecified atom stereocenters. The van der Waals surface area contributed by atoms with Crippen molar-refractivity contribution in [3.05, 3.63) is 15.1 Å². The maximum absolute atomic E-state index is 4.99. The van der Waals surface area contributed by atoms with Gasteiger partial charge in [-0.1, -0.05) is 13.3 Å². The minimum absolute atomic E-state index is 0.583. The highest BCUT2D eigenvalue weighted by Gasteiger charge is 2.31. The second kappa shape index (κ2) is 6.80. The van der Waals surface area contributed by atoms with E-state index in [9.17, 15) is 0 Å². The summed E-state index contributed by atoms with van der Waals surface area (Å²) in [7, 11) is 0. The first-order valence-electron chi connectivity index (χ1n) is 8.54. The number of nitrogens with zero attached hydrogens (tertiary/aromatic N) is 2. The van der Waals surface area contributed by atoms with Gasteiger partial charge in [0.25, 0.3) is 0 Å². The number of aromatic nitrogens is 2. The summed E-state index contributed by atoms with van der Waals surface area (Å²) in [6.07, 6.45) is 9.19. The Bertz CT molecular complexity index is 491. The van der Waals surface area contributed by atoms with Crippen LogP contribution in [0, 0.1) is 9.49 Å². The van der Waals surface area contributed by atoms with E-state index in [0.29, 0.717) is 11.8 Å². The average Bonchev–Trinajstić information content (AvgIpc) is 3.34. The molecule has 3 rings (SSSR count). The molecule has 0 saturated heterocycles. The molecule has 0 atom stereocenters. The van der Waals surface area contributed by atoms with Crippen LogP contribution in [0.1, 0.15) is 82.1 Å². The molecule has 116 valence electrons. The second-order valence-corrected chi connectivity index (χ2v) is 7.64. The number of nitrogens with one attached hydrogen (secondary N) is 1. The monoisotopic (exact) mass is 399 g/mol. The average molecular weight is 399 g/mol. The lowest BCUT2D eigenvalue weighted by Crippen LogP contribution is -2.17. The largest absolute Gasteiger partial charge is 0.369 e. The standard InChI is InChI=1S/C17H26IN3/c1-3-11-5-7-13(8-6-11)16-20-15(12-9-10-12)14(18)17(21-16)19-4-2/h11-13H,3-10H2,1-2H3,(H,19,20,21). The van der Waals surface area contributed by atoms with Gasteiger partial charge in [-0.25, -0.2) is 9.97 Å². The van der Waals surface area contributed by atoms with Crippen molar-refractivity contribution < 1.29 is 0 Å². The summed E-state index contributed by atoms with van der Waals surface area (Å²) in [5, 5.41) is 3.44. The van der Waals surface area contributed by atoms with Crippen LogP contribution in [-0.2, 0) is 0 Å². The molecule has 2 saturated carbocycles. The fraction of sp³-hybridized carbons (Fsp3) is 0.765. The molecule has 0 radical (unpaired) electrons. The van der Waals surface area contributed by atoms with Crippen LogP contribution in [0.4, 0.5) is 5.82 Å². The van der Waals surface area contributed by atoms with Crippen molar-refractivity contribution in [1.82, 2.24) is 9.97 Å². The van der Waals surface area contributed by atoms with Crippen LogP contribution in [0.5, 0.6) is 0 Å². The molecule has 1 aromatic heterocycles. The molecule has 4 heteroatoms. The Morgan fingerprint density at radius 2 is 1.67 bits per heavy atom. The van der Waals surface area contributed by atoms with Gasteiger partial charge in [0.15, 0.2) is 0 Å². The number of rotatable bonds is 5. The van der Waals surface area contributed by atoms with E-state index in [1.807, 2.05) is 0 Å². The molecule has 1 heterocycles. The zero-order valence-corrected chi connectivity index (χ0v) is 15.3. The summed E-state index contributed by atoms with van der Waals surface area (Å²) in [6, 6.07) is 0. The molecule has 3 nitrogen and oxygen atoms in total. The second-order valence-electron chi connectivity index (χ2n) is 6.56.